The van der Waals surface area contributed by atoms with Crippen molar-refractivity contribution in [3.8, 4) is 11.1 Å². The lowest BCUT2D eigenvalue weighted by atomic mass is 10.1. The van der Waals surface area contributed by atoms with Crippen LogP contribution in [0.1, 0.15) is 0 Å². The van der Waals surface area contributed by atoms with Gasteiger partial charge in [-0.05, 0) is 35.0 Å². The molecule has 0 spiro atoms. The molecule has 0 aliphatic rings. The molecule has 0 amide bonds. The van der Waals surface area contributed by atoms with Gasteiger partial charge in [-0.15, -0.1) is 11.8 Å². The summed E-state index contributed by atoms with van der Waals surface area (Å²) < 4.78 is 0. The van der Waals surface area contributed by atoms with E-state index in [1.165, 1.54) is 4.90 Å². The lowest BCUT2D eigenvalue weighted by molar-refractivity contribution is 1.45. The molecule has 0 atom stereocenters. The fourth-order valence-corrected chi connectivity index (χ4v) is 1.96. The third-order valence-corrected chi connectivity index (χ3v) is 3.19. The predicted octanol–water partition coefficient (Wildman–Crippen LogP) is 5.02. The van der Waals surface area contributed by atoms with Crippen LogP contribution in [0.15, 0.2) is 58.5 Å². The highest BCUT2D eigenvalue weighted by molar-refractivity contribution is 7.98. The number of rotatable bonds is 3. The van der Waals surface area contributed by atoms with Gasteiger partial charge in [0.25, 0.3) is 0 Å². The van der Waals surface area contributed by atoms with E-state index in [4.69, 9.17) is 5.53 Å². The predicted molar refractivity (Wildman–Crippen MR) is 72.5 cm³/mol. The third kappa shape index (κ3) is 2.81. The standard InChI is InChI=1S/C13H11N3S/c1-17-13-8-4-11(5-9-13)10-2-6-12(7-3-10)15-16-14/h2-9H,1H3. The average Bonchev–Trinajstić information content (AvgIpc) is 2.40. The van der Waals surface area contributed by atoms with E-state index < -0.39 is 0 Å². The van der Waals surface area contributed by atoms with Gasteiger partial charge in [0.05, 0.1) is 0 Å². The molecule has 2 rings (SSSR count). The summed E-state index contributed by atoms with van der Waals surface area (Å²) in [4.78, 5) is 4.00. The molecule has 0 saturated heterocycles. The van der Waals surface area contributed by atoms with Crippen LogP contribution in [0.3, 0.4) is 0 Å². The Kier molecular flexibility index (Phi) is 3.70. The smallest absolute Gasteiger partial charge is 0.0375 e. The zero-order valence-electron chi connectivity index (χ0n) is 9.37. The molecule has 0 aliphatic carbocycles. The molecule has 0 heterocycles. The van der Waals surface area contributed by atoms with Crippen molar-refractivity contribution in [3.05, 3.63) is 59.0 Å². The lowest BCUT2D eigenvalue weighted by Gasteiger charge is -2.03. The van der Waals surface area contributed by atoms with Crippen LogP contribution < -0.4 is 0 Å². The van der Waals surface area contributed by atoms with Crippen molar-refractivity contribution in [1.29, 1.82) is 0 Å². The van der Waals surface area contributed by atoms with Crippen molar-refractivity contribution >= 4 is 17.4 Å². The Labute approximate surface area is 104 Å². The number of thioether (sulfide) groups is 1. The molecule has 0 aliphatic heterocycles. The van der Waals surface area contributed by atoms with Gasteiger partial charge in [-0.3, -0.25) is 0 Å². The summed E-state index contributed by atoms with van der Waals surface area (Å²) in [5, 5.41) is 3.55. The Morgan fingerprint density at radius 3 is 1.94 bits per heavy atom. The van der Waals surface area contributed by atoms with Crippen LogP contribution in [-0.2, 0) is 0 Å². The first-order valence-electron chi connectivity index (χ1n) is 5.13. The molecule has 3 nitrogen and oxygen atoms in total. The number of hydrogen-bond acceptors (Lipinski definition) is 2. The average molecular weight is 241 g/mol. The Bertz CT molecular complexity index is 540. The first-order chi connectivity index (χ1) is 8.33. The molecule has 0 fully saturated rings. The van der Waals surface area contributed by atoms with E-state index in [0.717, 1.165) is 11.1 Å². The number of nitrogens with zero attached hydrogens (tertiary/aromatic N) is 3. The highest BCUT2D eigenvalue weighted by Gasteiger charge is 1.97. The highest BCUT2D eigenvalue weighted by Crippen LogP contribution is 2.25. The Morgan fingerprint density at radius 2 is 1.47 bits per heavy atom. The third-order valence-electron chi connectivity index (χ3n) is 2.45. The first kappa shape index (κ1) is 11.6. The number of hydrogen-bond donors (Lipinski definition) is 0. The maximum Gasteiger partial charge on any atom is 0.0375 e. The van der Waals surface area contributed by atoms with Crippen molar-refractivity contribution in [2.24, 2.45) is 5.11 Å². The van der Waals surface area contributed by atoms with Gasteiger partial charge in [-0.1, -0.05) is 41.5 Å². The van der Waals surface area contributed by atoms with Gasteiger partial charge in [0.2, 0.25) is 0 Å². The molecular formula is C13H11N3S. The van der Waals surface area contributed by atoms with Crippen LogP contribution in [0.5, 0.6) is 0 Å². The highest BCUT2D eigenvalue weighted by atomic mass is 32.2. The molecule has 0 saturated carbocycles. The molecule has 17 heavy (non-hydrogen) atoms. The van der Waals surface area contributed by atoms with Gasteiger partial charge in [0.15, 0.2) is 0 Å². The molecule has 2 aromatic rings. The van der Waals surface area contributed by atoms with Crippen LogP contribution in [0.4, 0.5) is 5.69 Å². The van der Waals surface area contributed by atoms with Crippen molar-refractivity contribution in [3.63, 3.8) is 0 Å². The van der Waals surface area contributed by atoms with Crippen LogP contribution >= 0.6 is 11.8 Å². The van der Waals surface area contributed by atoms with Crippen molar-refractivity contribution < 1.29 is 0 Å². The second-order valence-electron chi connectivity index (χ2n) is 3.46. The van der Waals surface area contributed by atoms with Gasteiger partial charge in [0, 0.05) is 15.5 Å². The molecular weight excluding hydrogens is 230 g/mol. The molecule has 0 bridgehead atoms. The van der Waals surface area contributed by atoms with Crippen molar-refractivity contribution in [1.82, 2.24) is 0 Å². The van der Waals surface area contributed by atoms with E-state index >= 15 is 0 Å². The zero-order valence-corrected chi connectivity index (χ0v) is 10.2. The summed E-state index contributed by atoms with van der Waals surface area (Å²) in [5.41, 5.74) is 11.2. The monoisotopic (exact) mass is 241 g/mol. The Balaban J connectivity index is 2.29. The molecule has 0 radical (unpaired) electrons. The quantitative estimate of drug-likeness (QED) is 0.322. The van der Waals surface area contributed by atoms with Gasteiger partial charge in [0.1, 0.15) is 0 Å². The van der Waals surface area contributed by atoms with Gasteiger partial charge in [-0.25, -0.2) is 0 Å². The summed E-state index contributed by atoms with van der Waals surface area (Å²) in [6, 6.07) is 15.9. The molecule has 0 aromatic heterocycles. The van der Waals surface area contributed by atoms with Crippen LogP contribution in [0.25, 0.3) is 21.6 Å². The second kappa shape index (κ2) is 5.43. The van der Waals surface area contributed by atoms with E-state index in [0.29, 0.717) is 5.69 Å². The minimum atomic E-state index is 0.636. The maximum absolute atomic E-state index is 8.32. The maximum atomic E-state index is 8.32. The minimum absolute atomic E-state index is 0.636. The van der Waals surface area contributed by atoms with Crippen LogP contribution in [0.2, 0.25) is 0 Å². The SMILES string of the molecule is CSc1ccc(-c2ccc(N=[N+]=[N-])cc2)cc1. The fraction of sp³-hybridized carbons (Fsp3) is 0.0769. The summed E-state index contributed by atoms with van der Waals surface area (Å²) in [6.07, 6.45) is 2.06. The van der Waals surface area contributed by atoms with E-state index in [2.05, 4.69) is 40.5 Å². The second-order valence-corrected chi connectivity index (χ2v) is 4.34. The summed E-state index contributed by atoms with van der Waals surface area (Å²) in [5.74, 6) is 0. The lowest BCUT2D eigenvalue weighted by Crippen LogP contribution is -1.77. The Hall–Kier alpha value is -1.90. The molecule has 0 unspecified atom stereocenters. The van der Waals surface area contributed by atoms with E-state index in [1.807, 2.05) is 24.3 Å². The van der Waals surface area contributed by atoms with E-state index in [1.54, 1.807) is 11.8 Å². The summed E-state index contributed by atoms with van der Waals surface area (Å²) in [7, 11) is 0. The van der Waals surface area contributed by atoms with E-state index in [9.17, 15) is 0 Å². The number of benzene rings is 2. The van der Waals surface area contributed by atoms with Gasteiger partial charge < -0.3 is 0 Å². The van der Waals surface area contributed by atoms with Crippen molar-refractivity contribution in [2.75, 3.05) is 6.26 Å². The summed E-state index contributed by atoms with van der Waals surface area (Å²) in [6.45, 7) is 0. The molecule has 0 N–H and O–H groups in total. The van der Waals surface area contributed by atoms with Crippen molar-refractivity contribution in [2.45, 2.75) is 4.90 Å². The molecule has 2 aromatic carbocycles. The van der Waals surface area contributed by atoms with E-state index in [-0.39, 0.29) is 0 Å². The first-order valence-corrected chi connectivity index (χ1v) is 6.35. The van der Waals surface area contributed by atoms with Gasteiger partial charge in [-0.2, -0.15) is 0 Å². The minimum Gasteiger partial charge on any atom is -0.130 e. The fourth-order valence-electron chi connectivity index (χ4n) is 1.56. The van der Waals surface area contributed by atoms with Gasteiger partial charge >= 0.3 is 0 Å². The Morgan fingerprint density at radius 1 is 0.941 bits per heavy atom. The topological polar surface area (TPSA) is 48.8 Å². The largest absolute Gasteiger partial charge is 0.130 e. The molecule has 4 heteroatoms. The normalized spacial score (nSPS) is 9.71. The summed E-state index contributed by atoms with van der Waals surface area (Å²) >= 11 is 1.73. The molecule has 84 valence electrons. The number of azide groups is 1. The van der Waals surface area contributed by atoms with Crippen LogP contribution in [0, 0.1) is 0 Å². The van der Waals surface area contributed by atoms with Crippen LogP contribution in [-0.4, -0.2) is 6.26 Å². The zero-order chi connectivity index (χ0) is 12.1.